The second-order valence-corrected chi connectivity index (χ2v) is 7.25. The maximum atomic E-state index is 12.6. The molecule has 1 aromatic heterocycles. The lowest BCUT2D eigenvalue weighted by molar-refractivity contribution is -0.140. The summed E-state index contributed by atoms with van der Waals surface area (Å²) in [6.07, 6.45) is 7.10. The summed E-state index contributed by atoms with van der Waals surface area (Å²) in [6.45, 7) is 0. The van der Waals surface area contributed by atoms with Gasteiger partial charge < -0.3 is 9.52 Å². The van der Waals surface area contributed by atoms with Gasteiger partial charge in [-0.1, -0.05) is 36.4 Å². The molecule has 140 valence electrons. The summed E-state index contributed by atoms with van der Waals surface area (Å²) in [4.78, 5) is 37.3. The standard InChI is InChI=1S/C21H15NO5S/c23-19-18(28-21(26)22(19)15-4-2-1-3-5-15)12-16-10-11-17(27-16)13-6-8-14(9-7-13)20(24)25/h1-8,10-12,14H,9H2,(H,24,25)/b18-12-. The van der Waals surface area contributed by atoms with E-state index >= 15 is 0 Å². The zero-order valence-corrected chi connectivity index (χ0v) is 15.4. The van der Waals surface area contributed by atoms with Crippen LogP contribution in [0.1, 0.15) is 17.9 Å². The fourth-order valence-corrected chi connectivity index (χ4v) is 3.79. The molecule has 0 radical (unpaired) electrons. The van der Waals surface area contributed by atoms with Crippen LogP contribution < -0.4 is 4.90 Å². The number of para-hydroxylation sites is 1. The largest absolute Gasteiger partial charge is 0.481 e. The highest BCUT2D eigenvalue weighted by molar-refractivity contribution is 8.19. The van der Waals surface area contributed by atoms with Crippen LogP contribution >= 0.6 is 11.8 Å². The summed E-state index contributed by atoms with van der Waals surface area (Å²) in [5.41, 5.74) is 1.31. The van der Waals surface area contributed by atoms with E-state index < -0.39 is 11.9 Å². The molecule has 4 rings (SSSR count). The highest BCUT2D eigenvalue weighted by Gasteiger charge is 2.36. The van der Waals surface area contributed by atoms with Crippen LogP contribution in [-0.2, 0) is 9.59 Å². The predicted molar refractivity (Wildman–Crippen MR) is 106 cm³/mol. The molecule has 1 fully saturated rings. The van der Waals surface area contributed by atoms with Crippen LogP contribution in [-0.4, -0.2) is 22.2 Å². The third-order valence-electron chi connectivity index (χ3n) is 4.41. The van der Waals surface area contributed by atoms with E-state index in [0.717, 1.165) is 22.2 Å². The number of aliphatic carboxylic acids is 1. The van der Waals surface area contributed by atoms with Gasteiger partial charge in [-0.3, -0.25) is 14.4 Å². The Morgan fingerprint density at radius 3 is 2.64 bits per heavy atom. The number of anilines is 1. The highest BCUT2D eigenvalue weighted by atomic mass is 32.2. The molecule has 28 heavy (non-hydrogen) atoms. The molecular weight excluding hydrogens is 378 g/mol. The fraction of sp³-hybridized carbons (Fsp3) is 0.0952. The minimum atomic E-state index is -0.860. The smallest absolute Gasteiger partial charge is 0.310 e. The van der Waals surface area contributed by atoms with Crippen molar-refractivity contribution in [2.75, 3.05) is 4.90 Å². The second kappa shape index (κ2) is 7.36. The normalized spacial score (nSPS) is 20.7. The fourth-order valence-electron chi connectivity index (χ4n) is 2.97. The van der Waals surface area contributed by atoms with E-state index in [-0.39, 0.29) is 16.1 Å². The van der Waals surface area contributed by atoms with E-state index in [0.29, 0.717) is 23.6 Å². The Labute approximate surface area is 164 Å². The zero-order chi connectivity index (χ0) is 19.7. The molecule has 1 unspecified atom stereocenters. The summed E-state index contributed by atoms with van der Waals surface area (Å²) in [5.74, 6) is -0.749. The lowest BCUT2D eigenvalue weighted by Gasteiger charge is -2.11. The van der Waals surface area contributed by atoms with Crippen LogP contribution in [0, 0.1) is 5.92 Å². The van der Waals surface area contributed by atoms with Crippen molar-refractivity contribution in [3.63, 3.8) is 0 Å². The number of rotatable bonds is 4. The van der Waals surface area contributed by atoms with Gasteiger partial charge >= 0.3 is 5.97 Å². The molecule has 2 amide bonds. The molecule has 1 N–H and O–H groups in total. The molecule has 2 heterocycles. The molecule has 0 saturated carbocycles. The second-order valence-electron chi connectivity index (χ2n) is 6.25. The zero-order valence-electron chi connectivity index (χ0n) is 14.6. The number of thioether (sulfide) groups is 1. The molecule has 1 aromatic carbocycles. The summed E-state index contributed by atoms with van der Waals surface area (Å²) in [5, 5.41) is 8.68. The topological polar surface area (TPSA) is 87.8 Å². The average Bonchev–Trinajstić information content (AvgIpc) is 3.27. The Balaban J connectivity index is 1.53. The molecule has 6 nitrogen and oxygen atoms in total. The van der Waals surface area contributed by atoms with Crippen molar-refractivity contribution in [1.82, 2.24) is 0 Å². The van der Waals surface area contributed by atoms with Crippen molar-refractivity contribution in [2.24, 2.45) is 5.92 Å². The minimum Gasteiger partial charge on any atom is -0.481 e. The Morgan fingerprint density at radius 2 is 1.96 bits per heavy atom. The van der Waals surface area contributed by atoms with Crippen molar-refractivity contribution in [1.29, 1.82) is 0 Å². The van der Waals surface area contributed by atoms with Gasteiger partial charge in [-0.05, 0) is 42.4 Å². The predicted octanol–water partition coefficient (Wildman–Crippen LogP) is 4.56. The van der Waals surface area contributed by atoms with Gasteiger partial charge in [0.05, 0.1) is 16.5 Å². The SMILES string of the molecule is O=C(O)C1C=CC(c2ccc(/C=C3\SC(=O)N(c4ccccc4)C3=O)o2)=CC1. The van der Waals surface area contributed by atoms with Gasteiger partial charge in [0.15, 0.2) is 0 Å². The summed E-state index contributed by atoms with van der Waals surface area (Å²) >= 11 is 0.864. The van der Waals surface area contributed by atoms with Gasteiger partial charge in [0.1, 0.15) is 11.5 Å². The quantitative estimate of drug-likeness (QED) is 0.766. The molecule has 1 atom stereocenters. The number of carbonyl (C=O) groups is 3. The molecule has 2 aromatic rings. The van der Waals surface area contributed by atoms with E-state index in [2.05, 4.69) is 0 Å². The summed E-state index contributed by atoms with van der Waals surface area (Å²) < 4.78 is 5.77. The third-order valence-corrected chi connectivity index (χ3v) is 5.28. The minimum absolute atomic E-state index is 0.286. The van der Waals surface area contributed by atoms with E-state index in [9.17, 15) is 14.4 Å². The molecule has 1 saturated heterocycles. The van der Waals surface area contributed by atoms with Gasteiger partial charge in [0.2, 0.25) is 0 Å². The monoisotopic (exact) mass is 393 g/mol. The number of furan rings is 1. The van der Waals surface area contributed by atoms with Gasteiger partial charge in [0.25, 0.3) is 11.1 Å². The number of carbonyl (C=O) groups excluding carboxylic acids is 2. The van der Waals surface area contributed by atoms with Crippen LogP contribution in [0.4, 0.5) is 10.5 Å². The van der Waals surface area contributed by atoms with Crippen molar-refractivity contribution in [2.45, 2.75) is 6.42 Å². The first-order valence-electron chi connectivity index (χ1n) is 8.57. The first kappa shape index (κ1) is 18.1. The van der Waals surface area contributed by atoms with E-state index in [1.807, 2.05) is 12.1 Å². The first-order chi connectivity index (χ1) is 13.5. The third kappa shape index (κ3) is 3.44. The van der Waals surface area contributed by atoms with Crippen molar-refractivity contribution in [3.8, 4) is 0 Å². The number of nitrogens with zero attached hydrogens (tertiary/aromatic N) is 1. The maximum Gasteiger partial charge on any atom is 0.310 e. The van der Waals surface area contributed by atoms with Crippen LogP contribution in [0.25, 0.3) is 11.6 Å². The number of allylic oxidation sites excluding steroid dienone is 3. The number of carboxylic acid groups (broad SMARTS) is 1. The van der Waals surface area contributed by atoms with Gasteiger partial charge in [0, 0.05) is 11.6 Å². The van der Waals surface area contributed by atoms with Crippen LogP contribution in [0.5, 0.6) is 0 Å². The molecule has 2 aliphatic rings. The van der Waals surface area contributed by atoms with Crippen molar-refractivity contribution in [3.05, 3.63) is 77.1 Å². The van der Waals surface area contributed by atoms with E-state index in [1.165, 1.54) is 0 Å². The molecular formula is C21H15NO5S. The molecule has 1 aliphatic heterocycles. The van der Waals surface area contributed by atoms with Crippen molar-refractivity contribution < 1.29 is 23.9 Å². The Morgan fingerprint density at radius 1 is 1.18 bits per heavy atom. The van der Waals surface area contributed by atoms with E-state index in [4.69, 9.17) is 9.52 Å². The number of benzene rings is 1. The Hall–Kier alpha value is -3.32. The average molecular weight is 393 g/mol. The Bertz CT molecular complexity index is 1050. The molecule has 0 bridgehead atoms. The number of amides is 2. The van der Waals surface area contributed by atoms with E-state index in [1.54, 1.807) is 54.6 Å². The van der Waals surface area contributed by atoms with Crippen LogP contribution in [0.2, 0.25) is 0 Å². The summed E-state index contributed by atoms with van der Waals surface area (Å²) in [6, 6.07) is 12.2. The van der Waals surface area contributed by atoms with Gasteiger partial charge in [-0.2, -0.15) is 0 Å². The number of hydrogen-bond donors (Lipinski definition) is 1. The maximum absolute atomic E-state index is 12.6. The summed E-state index contributed by atoms with van der Waals surface area (Å²) in [7, 11) is 0. The highest BCUT2D eigenvalue weighted by Crippen LogP contribution is 2.36. The molecule has 0 spiro atoms. The van der Waals surface area contributed by atoms with Crippen LogP contribution in [0.15, 0.2) is 70.0 Å². The van der Waals surface area contributed by atoms with Gasteiger partial charge in [-0.15, -0.1) is 0 Å². The first-order valence-corrected chi connectivity index (χ1v) is 9.39. The Kier molecular flexibility index (Phi) is 4.75. The van der Waals surface area contributed by atoms with Crippen molar-refractivity contribution >= 4 is 46.2 Å². The number of hydrogen-bond acceptors (Lipinski definition) is 5. The molecule has 1 aliphatic carbocycles. The lowest BCUT2D eigenvalue weighted by Crippen LogP contribution is -2.27. The number of imide groups is 1. The lowest BCUT2D eigenvalue weighted by atomic mass is 9.96. The van der Waals surface area contributed by atoms with Gasteiger partial charge in [-0.25, -0.2) is 4.90 Å². The molecule has 7 heteroatoms. The van der Waals surface area contributed by atoms with Crippen LogP contribution in [0.3, 0.4) is 0 Å². The number of carboxylic acids is 1.